The average Bonchev–Trinajstić information content (AvgIpc) is 3.17. The van der Waals surface area contributed by atoms with E-state index in [1.54, 1.807) is 20.3 Å². The van der Waals surface area contributed by atoms with Crippen LogP contribution in [-0.2, 0) is 0 Å². The summed E-state index contributed by atoms with van der Waals surface area (Å²) in [6, 6.07) is 7.64. The molecule has 27 heavy (non-hydrogen) atoms. The Kier molecular flexibility index (Phi) is 5.60. The van der Waals surface area contributed by atoms with Gasteiger partial charge in [-0.3, -0.25) is 4.79 Å². The number of benzene rings is 1. The lowest BCUT2D eigenvalue weighted by Crippen LogP contribution is -2.35. The van der Waals surface area contributed by atoms with Crippen molar-refractivity contribution in [1.29, 1.82) is 0 Å². The first-order valence-electron chi connectivity index (χ1n) is 8.59. The van der Waals surface area contributed by atoms with Crippen molar-refractivity contribution in [2.45, 2.75) is 12.5 Å². The minimum Gasteiger partial charge on any atom is -0.497 e. The molecule has 0 saturated carbocycles. The van der Waals surface area contributed by atoms with E-state index in [4.69, 9.17) is 26.8 Å². The van der Waals surface area contributed by atoms with Crippen molar-refractivity contribution in [3.05, 3.63) is 41.0 Å². The second-order valence-electron chi connectivity index (χ2n) is 6.46. The summed E-state index contributed by atoms with van der Waals surface area (Å²) in [4.78, 5) is 19.9. The van der Waals surface area contributed by atoms with Gasteiger partial charge in [0.25, 0.3) is 0 Å². The van der Waals surface area contributed by atoms with Gasteiger partial charge < -0.3 is 25.0 Å². The van der Waals surface area contributed by atoms with Gasteiger partial charge in [0.15, 0.2) is 0 Å². The third-order valence-electron chi connectivity index (χ3n) is 4.85. The maximum atomic E-state index is 11.3. The number of anilines is 2. The zero-order chi connectivity index (χ0) is 19.6. The van der Waals surface area contributed by atoms with Gasteiger partial charge >= 0.3 is 0 Å². The molecular weight excluding hydrogens is 368 g/mol. The molecule has 8 heteroatoms. The number of carbonyl (C=O) groups is 1. The van der Waals surface area contributed by atoms with E-state index in [-0.39, 0.29) is 6.04 Å². The molecule has 1 atom stereocenters. The van der Waals surface area contributed by atoms with Crippen LogP contribution in [0.5, 0.6) is 11.5 Å². The Labute approximate surface area is 163 Å². The number of nitrogens with two attached hydrogens (primary N) is 1. The Morgan fingerprint density at radius 1 is 1.26 bits per heavy atom. The highest BCUT2D eigenvalue weighted by Crippen LogP contribution is 2.33. The number of rotatable bonds is 6. The van der Waals surface area contributed by atoms with Crippen LogP contribution >= 0.6 is 11.6 Å². The third kappa shape index (κ3) is 4.03. The lowest BCUT2D eigenvalue weighted by Gasteiger charge is -2.27. The van der Waals surface area contributed by atoms with E-state index in [1.165, 1.54) is 6.20 Å². The molecule has 1 aromatic carbocycles. The number of hydrogen-bond donors (Lipinski definition) is 1. The standard InChI is InChI=1S/C19H23ClN4O3/c1-23(19-17(20)6-12(10-22-19)18(21)25)13-4-5-24(11-13)14-7-15(26-2)9-16(8-14)27-3/h6-10,13H,4-5,11H2,1-3H3,(H2,21,25)/t13-/m1/s1. The van der Waals surface area contributed by atoms with Gasteiger partial charge in [-0.15, -0.1) is 0 Å². The molecule has 0 unspecified atom stereocenters. The van der Waals surface area contributed by atoms with E-state index in [1.807, 2.05) is 30.1 Å². The summed E-state index contributed by atoms with van der Waals surface area (Å²) in [6.07, 6.45) is 2.41. The smallest absolute Gasteiger partial charge is 0.250 e. The molecule has 2 heterocycles. The number of ether oxygens (including phenoxy) is 2. The second-order valence-corrected chi connectivity index (χ2v) is 6.87. The van der Waals surface area contributed by atoms with Crippen molar-refractivity contribution in [3.63, 3.8) is 0 Å². The number of likely N-dealkylation sites (N-methyl/N-ethyl adjacent to an activating group) is 1. The fourth-order valence-electron chi connectivity index (χ4n) is 3.27. The highest BCUT2D eigenvalue weighted by Gasteiger charge is 2.28. The van der Waals surface area contributed by atoms with Crippen LogP contribution < -0.4 is 25.0 Å². The summed E-state index contributed by atoms with van der Waals surface area (Å²) in [5.74, 6) is 1.61. The van der Waals surface area contributed by atoms with Crippen LogP contribution in [0.2, 0.25) is 5.02 Å². The van der Waals surface area contributed by atoms with Gasteiger partial charge in [0.05, 0.1) is 24.8 Å². The molecule has 2 N–H and O–H groups in total. The lowest BCUT2D eigenvalue weighted by molar-refractivity contribution is 0.1000. The molecule has 0 radical (unpaired) electrons. The van der Waals surface area contributed by atoms with Crippen LogP contribution in [-0.4, -0.2) is 51.3 Å². The summed E-state index contributed by atoms with van der Waals surface area (Å²) < 4.78 is 10.7. The Morgan fingerprint density at radius 3 is 2.48 bits per heavy atom. The maximum Gasteiger partial charge on any atom is 0.250 e. The number of carbonyl (C=O) groups excluding carboxylic acids is 1. The van der Waals surface area contributed by atoms with E-state index >= 15 is 0 Å². The van der Waals surface area contributed by atoms with Gasteiger partial charge in [0, 0.05) is 56.3 Å². The SMILES string of the molecule is COc1cc(OC)cc(N2CC[C@@H](N(C)c3ncc(C(N)=O)cc3Cl)C2)c1. The molecule has 0 aliphatic carbocycles. The van der Waals surface area contributed by atoms with Crippen molar-refractivity contribution < 1.29 is 14.3 Å². The fraction of sp³-hybridized carbons (Fsp3) is 0.368. The van der Waals surface area contributed by atoms with Crippen molar-refractivity contribution >= 4 is 29.0 Å². The molecule has 1 aliphatic rings. The first-order chi connectivity index (χ1) is 12.9. The summed E-state index contributed by atoms with van der Waals surface area (Å²) in [5.41, 5.74) is 6.63. The minimum absolute atomic E-state index is 0.228. The van der Waals surface area contributed by atoms with Gasteiger partial charge in [-0.25, -0.2) is 4.98 Å². The maximum absolute atomic E-state index is 11.3. The Morgan fingerprint density at radius 2 is 1.93 bits per heavy atom. The Bertz CT molecular complexity index is 823. The first-order valence-corrected chi connectivity index (χ1v) is 8.97. The van der Waals surface area contributed by atoms with Crippen LogP contribution in [0.4, 0.5) is 11.5 Å². The molecule has 1 aromatic heterocycles. The molecule has 1 saturated heterocycles. The second kappa shape index (κ2) is 7.92. The van der Waals surface area contributed by atoms with Crippen LogP contribution in [0, 0.1) is 0 Å². The number of pyridine rings is 1. The van der Waals surface area contributed by atoms with Crippen molar-refractivity contribution in [1.82, 2.24) is 4.98 Å². The van der Waals surface area contributed by atoms with E-state index in [2.05, 4.69) is 9.88 Å². The average molecular weight is 391 g/mol. The van der Waals surface area contributed by atoms with Crippen LogP contribution in [0.1, 0.15) is 16.8 Å². The van der Waals surface area contributed by atoms with Gasteiger partial charge in [0.2, 0.25) is 5.91 Å². The van der Waals surface area contributed by atoms with Crippen LogP contribution in [0.25, 0.3) is 0 Å². The number of aromatic nitrogens is 1. The molecular formula is C19H23ClN4O3. The summed E-state index contributed by atoms with van der Waals surface area (Å²) in [7, 11) is 5.24. The molecule has 2 aromatic rings. The van der Waals surface area contributed by atoms with E-state index in [0.29, 0.717) is 16.4 Å². The molecule has 3 rings (SSSR count). The topological polar surface area (TPSA) is 80.9 Å². The monoisotopic (exact) mass is 390 g/mol. The number of primary amides is 1. The van der Waals surface area contributed by atoms with E-state index in [0.717, 1.165) is 36.7 Å². The Hall–Kier alpha value is -2.67. The molecule has 144 valence electrons. The van der Waals surface area contributed by atoms with E-state index < -0.39 is 5.91 Å². The predicted octanol–water partition coefficient (Wildman–Crippen LogP) is 2.57. The molecule has 0 spiro atoms. The molecule has 1 amide bonds. The molecule has 7 nitrogen and oxygen atoms in total. The third-order valence-corrected chi connectivity index (χ3v) is 5.13. The summed E-state index contributed by atoms with van der Waals surface area (Å²) in [6.45, 7) is 1.70. The number of nitrogens with zero attached hydrogens (tertiary/aromatic N) is 3. The van der Waals surface area contributed by atoms with Gasteiger partial charge in [-0.1, -0.05) is 11.6 Å². The molecule has 1 aliphatic heterocycles. The number of hydrogen-bond acceptors (Lipinski definition) is 6. The fourth-order valence-corrected chi connectivity index (χ4v) is 3.57. The zero-order valence-electron chi connectivity index (χ0n) is 15.6. The molecule has 0 bridgehead atoms. The molecule has 1 fully saturated rings. The quantitative estimate of drug-likeness (QED) is 0.816. The summed E-state index contributed by atoms with van der Waals surface area (Å²) >= 11 is 6.32. The minimum atomic E-state index is -0.544. The predicted molar refractivity (Wildman–Crippen MR) is 106 cm³/mol. The van der Waals surface area contributed by atoms with Crippen molar-refractivity contribution in [2.24, 2.45) is 5.73 Å². The zero-order valence-corrected chi connectivity index (χ0v) is 16.4. The van der Waals surface area contributed by atoms with Gasteiger partial charge in [-0.2, -0.15) is 0 Å². The number of amides is 1. The number of methoxy groups -OCH3 is 2. The normalized spacial score (nSPS) is 16.3. The first kappa shape index (κ1) is 19.1. The van der Waals surface area contributed by atoms with Crippen LogP contribution in [0.15, 0.2) is 30.5 Å². The largest absolute Gasteiger partial charge is 0.497 e. The summed E-state index contributed by atoms with van der Waals surface area (Å²) in [5, 5.41) is 0.412. The van der Waals surface area contributed by atoms with Crippen LogP contribution in [0.3, 0.4) is 0 Å². The van der Waals surface area contributed by atoms with Gasteiger partial charge in [-0.05, 0) is 12.5 Å². The van der Waals surface area contributed by atoms with Crippen molar-refractivity contribution in [3.8, 4) is 11.5 Å². The van der Waals surface area contributed by atoms with Crippen molar-refractivity contribution in [2.75, 3.05) is 44.2 Å². The Balaban J connectivity index is 1.77. The van der Waals surface area contributed by atoms with Gasteiger partial charge in [0.1, 0.15) is 17.3 Å². The highest BCUT2D eigenvalue weighted by molar-refractivity contribution is 6.33. The van der Waals surface area contributed by atoms with E-state index in [9.17, 15) is 4.79 Å². The highest BCUT2D eigenvalue weighted by atomic mass is 35.5. The number of halogens is 1. The lowest BCUT2D eigenvalue weighted by atomic mass is 10.2.